The highest BCUT2D eigenvalue weighted by molar-refractivity contribution is 5.97. The lowest BCUT2D eigenvalue weighted by molar-refractivity contribution is -0.117. The number of rotatable bonds is 8. The fourth-order valence-electron chi connectivity index (χ4n) is 2.24. The quantitative estimate of drug-likeness (QED) is 0.446. The van der Waals surface area contributed by atoms with Crippen molar-refractivity contribution in [3.05, 3.63) is 83.6 Å². The summed E-state index contributed by atoms with van der Waals surface area (Å²) in [5, 5.41) is 14.9. The van der Waals surface area contributed by atoms with Crippen LogP contribution in [0.5, 0.6) is 0 Å². The summed E-state index contributed by atoms with van der Waals surface area (Å²) >= 11 is 0. The van der Waals surface area contributed by atoms with Gasteiger partial charge in [0.05, 0.1) is 0 Å². The predicted molar refractivity (Wildman–Crippen MR) is 95.0 cm³/mol. The van der Waals surface area contributed by atoms with E-state index < -0.39 is 0 Å². The second-order valence-electron chi connectivity index (χ2n) is 5.35. The molecule has 0 atom stereocenters. The van der Waals surface area contributed by atoms with E-state index in [1.54, 1.807) is 0 Å². The van der Waals surface area contributed by atoms with Crippen molar-refractivity contribution >= 4 is 5.91 Å². The van der Waals surface area contributed by atoms with Crippen molar-refractivity contribution in [3.8, 4) is 6.07 Å². The molecule has 0 aromatic heterocycles. The molecular formula is C20H21N3O. The molecule has 4 nitrogen and oxygen atoms in total. The summed E-state index contributed by atoms with van der Waals surface area (Å²) in [6, 6.07) is 21.9. The van der Waals surface area contributed by atoms with Crippen LogP contribution in [0.4, 0.5) is 0 Å². The van der Waals surface area contributed by atoms with E-state index in [1.165, 1.54) is 11.8 Å². The van der Waals surface area contributed by atoms with Crippen LogP contribution in [-0.2, 0) is 17.6 Å². The molecule has 2 rings (SSSR count). The molecule has 0 aliphatic heterocycles. The zero-order valence-electron chi connectivity index (χ0n) is 13.5. The lowest BCUT2D eigenvalue weighted by atomic mass is 10.1. The molecule has 2 aromatic rings. The average Bonchev–Trinajstić information content (AvgIpc) is 2.63. The minimum Gasteiger partial charge on any atom is -0.389 e. The molecule has 1 amide bonds. The molecule has 2 aromatic carbocycles. The summed E-state index contributed by atoms with van der Waals surface area (Å²) in [5.41, 5.74) is 2.46. The first-order valence-corrected chi connectivity index (χ1v) is 7.99. The van der Waals surface area contributed by atoms with E-state index in [4.69, 9.17) is 5.26 Å². The SMILES string of the molecule is N#C/C(=C/NCCc1ccccc1)C(=O)NCCc1ccccc1. The Hall–Kier alpha value is -3.06. The zero-order valence-corrected chi connectivity index (χ0v) is 13.5. The van der Waals surface area contributed by atoms with Crippen LogP contribution in [0, 0.1) is 11.3 Å². The fourth-order valence-corrected chi connectivity index (χ4v) is 2.24. The van der Waals surface area contributed by atoms with Gasteiger partial charge in [0.25, 0.3) is 5.91 Å². The molecule has 0 saturated heterocycles. The van der Waals surface area contributed by atoms with Gasteiger partial charge in [-0.25, -0.2) is 0 Å². The van der Waals surface area contributed by atoms with E-state index in [9.17, 15) is 4.79 Å². The van der Waals surface area contributed by atoms with E-state index in [2.05, 4.69) is 10.6 Å². The van der Waals surface area contributed by atoms with Crippen LogP contribution in [0.2, 0.25) is 0 Å². The molecule has 24 heavy (non-hydrogen) atoms. The molecule has 0 radical (unpaired) electrons. The minimum absolute atomic E-state index is 0.0936. The van der Waals surface area contributed by atoms with Crippen LogP contribution in [0.1, 0.15) is 11.1 Å². The number of nitriles is 1. The number of hydrogen-bond acceptors (Lipinski definition) is 3. The topological polar surface area (TPSA) is 64.9 Å². The van der Waals surface area contributed by atoms with E-state index in [-0.39, 0.29) is 11.5 Å². The van der Waals surface area contributed by atoms with Gasteiger partial charge in [0.2, 0.25) is 0 Å². The van der Waals surface area contributed by atoms with Gasteiger partial charge in [-0.2, -0.15) is 5.26 Å². The van der Waals surface area contributed by atoms with Gasteiger partial charge in [-0.3, -0.25) is 4.79 Å². The minimum atomic E-state index is -0.347. The van der Waals surface area contributed by atoms with Gasteiger partial charge < -0.3 is 10.6 Å². The van der Waals surface area contributed by atoms with Crippen molar-refractivity contribution in [3.63, 3.8) is 0 Å². The summed E-state index contributed by atoms with van der Waals surface area (Å²) in [5.74, 6) is -0.347. The highest BCUT2D eigenvalue weighted by Gasteiger charge is 2.07. The third-order valence-corrected chi connectivity index (χ3v) is 3.55. The first-order valence-electron chi connectivity index (χ1n) is 7.99. The van der Waals surface area contributed by atoms with E-state index >= 15 is 0 Å². The Balaban J connectivity index is 1.73. The van der Waals surface area contributed by atoms with Crippen LogP contribution < -0.4 is 10.6 Å². The molecule has 0 bridgehead atoms. The van der Waals surface area contributed by atoms with Gasteiger partial charge in [-0.1, -0.05) is 60.7 Å². The van der Waals surface area contributed by atoms with Crippen molar-refractivity contribution < 1.29 is 4.79 Å². The molecule has 0 aliphatic carbocycles. The first kappa shape index (κ1) is 17.3. The van der Waals surface area contributed by atoms with Crippen molar-refractivity contribution in [1.29, 1.82) is 5.26 Å². The van der Waals surface area contributed by atoms with Crippen LogP contribution in [0.15, 0.2) is 72.4 Å². The number of nitrogens with zero attached hydrogens (tertiary/aromatic N) is 1. The van der Waals surface area contributed by atoms with E-state index in [0.29, 0.717) is 13.1 Å². The number of carbonyl (C=O) groups is 1. The van der Waals surface area contributed by atoms with Gasteiger partial charge in [0, 0.05) is 19.3 Å². The zero-order chi connectivity index (χ0) is 17.0. The normalized spacial score (nSPS) is 10.7. The Morgan fingerprint density at radius 1 is 0.917 bits per heavy atom. The molecule has 4 heteroatoms. The Kier molecular flexibility index (Phi) is 7.10. The van der Waals surface area contributed by atoms with Crippen molar-refractivity contribution in [2.45, 2.75) is 12.8 Å². The number of amides is 1. The van der Waals surface area contributed by atoms with Gasteiger partial charge in [0.15, 0.2) is 0 Å². The molecule has 0 spiro atoms. The second-order valence-corrected chi connectivity index (χ2v) is 5.35. The summed E-state index contributed by atoms with van der Waals surface area (Å²) < 4.78 is 0. The van der Waals surface area contributed by atoms with Gasteiger partial charge in [-0.05, 0) is 24.0 Å². The van der Waals surface area contributed by atoms with Gasteiger partial charge in [0.1, 0.15) is 11.6 Å². The molecular weight excluding hydrogens is 298 g/mol. The van der Waals surface area contributed by atoms with Crippen LogP contribution in [0.3, 0.4) is 0 Å². The number of carbonyl (C=O) groups excluding carboxylic acids is 1. The van der Waals surface area contributed by atoms with Crippen molar-refractivity contribution in [2.75, 3.05) is 13.1 Å². The predicted octanol–water partition coefficient (Wildman–Crippen LogP) is 2.59. The summed E-state index contributed by atoms with van der Waals surface area (Å²) in [6.45, 7) is 1.18. The number of benzene rings is 2. The first-order chi connectivity index (χ1) is 11.8. The lowest BCUT2D eigenvalue weighted by Gasteiger charge is -2.05. The Labute approximate surface area is 142 Å². The second kappa shape index (κ2) is 9.86. The summed E-state index contributed by atoms with van der Waals surface area (Å²) in [6.07, 6.45) is 3.07. The lowest BCUT2D eigenvalue weighted by Crippen LogP contribution is -2.27. The van der Waals surface area contributed by atoms with Gasteiger partial charge >= 0.3 is 0 Å². The van der Waals surface area contributed by atoms with E-state index in [1.807, 2.05) is 66.7 Å². The number of hydrogen-bond donors (Lipinski definition) is 2. The average molecular weight is 319 g/mol. The molecule has 122 valence electrons. The fraction of sp³-hybridized carbons (Fsp3) is 0.200. The summed E-state index contributed by atoms with van der Waals surface area (Å²) in [7, 11) is 0. The molecule has 0 heterocycles. The van der Waals surface area contributed by atoms with Crippen LogP contribution >= 0.6 is 0 Å². The van der Waals surface area contributed by atoms with Crippen molar-refractivity contribution in [1.82, 2.24) is 10.6 Å². The largest absolute Gasteiger partial charge is 0.389 e. The third-order valence-electron chi connectivity index (χ3n) is 3.55. The molecule has 0 fully saturated rings. The van der Waals surface area contributed by atoms with Gasteiger partial charge in [-0.15, -0.1) is 0 Å². The van der Waals surface area contributed by atoms with E-state index in [0.717, 1.165) is 18.4 Å². The highest BCUT2D eigenvalue weighted by Crippen LogP contribution is 2.00. The maximum atomic E-state index is 12.0. The maximum absolute atomic E-state index is 12.0. The third kappa shape index (κ3) is 5.98. The van der Waals surface area contributed by atoms with Crippen molar-refractivity contribution in [2.24, 2.45) is 0 Å². The molecule has 0 saturated carbocycles. The molecule has 0 unspecified atom stereocenters. The van der Waals surface area contributed by atoms with Crippen LogP contribution in [0.25, 0.3) is 0 Å². The molecule has 2 N–H and O–H groups in total. The van der Waals surface area contributed by atoms with Crippen LogP contribution in [-0.4, -0.2) is 19.0 Å². The highest BCUT2D eigenvalue weighted by atomic mass is 16.1. The monoisotopic (exact) mass is 319 g/mol. The Morgan fingerprint density at radius 3 is 2.00 bits per heavy atom. The summed E-state index contributed by atoms with van der Waals surface area (Å²) in [4.78, 5) is 12.0. The number of nitrogens with one attached hydrogen (secondary N) is 2. The Morgan fingerprint density at radius 2 is 1.46 bits per heavy atom. The standard InChI is InChI=1S/C20H21N3O/c21-15-19(16-22-13-11-17-7-3-1-4-8-17)20(24)23-14-12-18-9-5-2-6-10-18/h1-10,16,22H,11-14H2,(H,23,24)/b19-16-. The smallest absolute Gasteiger partial charge is 0.263 e. The Bertz CT molecular complexity index is 703. The molecule has 0 aliphatic rings. The maximum Gasteiger partial charge on any atom is 0.263 e.